The molecule has 16 heavy (non-hydrogen) atoms. The van der Waals surface area contributed by atoms with Crippen LogP contribution in [0.3, 0.4) is 0 Å². The Morgan fingerprint density at radius 3 is 3.19 bits per heavy atom. The molecular weight excluding hydrogens is 202 g/mol. The van der Waals surface area contributed by atoms with Crippen LogP contribution in [0.1, 0.15) is 37.9 Å². The van der Waals surface area contributed by atoms with Crippen molar-refractivity contribution < 1.29 is 4.74 Å². The Morgan fingerprint density at radius 2 is 2.50 bits per heavy atom. The van der Waals surface area contributed by atoms with Gasteiger partial charge in [-0.1, -0.05) is 6.92 Å². The highest BCUT2D eigenvalue weighted by atomic mass is 16.5. The Kier molecular flexibility index (Phi) is 3.83. The van der Waals surface area contributed by atoms with Crippen LogP contribution in [0.2, 0.25) is 0 Å². The summed E-state index contributed by atoms with van der Waals surface area (Å²) in [7, 11) is 0. The number of hydrogen-bond donors (Lipinski definition) is 1. The Balaban J connectivity index is 2.10. The molecule has 1 atom stereocenters. The fraction of sp³-hybridized carbons (Fsp3) is 0.750. The third-order valence-electron chi connectivity index (χ3n) is 2.92. The van der Waals surface area contributed by atoms with E-state index in [0.717, 1.165) is 44.2 Å². The van der Waals surface area contributed by atoms with Gasteiger partial charge in [-0.25, -0.2) is 4.98 Å². The van der Waals surface area contributed by atoms with Gasteiger partial charge in [0.05, 0.1) is 18.3 Å². The Bertz CT molecular complexity index is 329. The van der Waals surface area contributed by atoms with Gasteiger partial charge in [0.25, 0.3) is 0 Å². The van der Waals surface area contributed by atoms with Crippen LogP contribution in [0.15, 0.2) is 6.20 Å². The Morgan fingerprint density at radius 1 is 1.62 bits per heavy atom. The van der Waals surface area contributed by atoms with Gasteiger partial charge in [0.15, 0.2) is 0 Å². The number of hydrogen-bond acceptors (Lipinski definition) is 3. The van der Waals surface area contributed by atoms with Crippen LogP contribution in [0, 0.1) is 6.92 Å². The molecule has 1 N–H and O–H groups in total. The summed E-state index contributed by atoms with van der Waals surface area (Å²) >= 11 is 0. The smallest absolute Gasteiger partial charge is 0.203 e. The molecular formula is C12H21N3O. The van der Waals surface area contributed by atoms with Crippen molar-refractivity contribution in [1.82, 2.24) is 9.55 Å². The molecule has 4 heteroatoms. The van der Waals surface area contributed by atoms with Crippen molar-refractivity contribution in [3.05, 3.63) is 11.9 Å². The summed E-state index contributed by atoms with van der Waals surface area (Å²) in [5.74, 6) is 0.995. The van der Waals surface area contributed by atoms with E-state index in [1.165, 1.54) is 6.42 Å². The molecule has 1 fully saturated rings. The minimum Gasteiger partial charge on any atom is -0.379 e. The standard InChI is InChI=1S/C12H21N3O/c1-3-6-13-12-14-10(2)8-15(12)11-5-4-7-16-9-11/h8,11H,3-7,9H2,1-2H3,(H,13,14). The highest BCUT2D eigenvalue weighted by Crippen LogP contribution is 2.23. The second kappa shape index (κ2) is 5.34. The molecule has 0 bridgehead atoms. The van der Waals surface area contributed by atoms with Crippen LogP contribution in [0.4, 0.5) is 5.95 Å². The monoisotopic (exact) mass is 223 g/mol. The topological polar surface area (TPSA) is 39.1 Å². The van der Waals surface area contributed by atoms with Crippen molar-refractivity contribution in [2.75, 3.05) is 25.1 Å². The minimum atomic E-state index is 0.453. The van der Waals surface area contributed by atoms with Gasteiger partial charge in [-0.2, -0.15) is 0 Å². The molecule has 1 aliphatic rings. The molecule has 0 aromatic carbocycles. The molecule has 1 aromatic heterocycles. The quantitative estimate of drug-likeness (QED) is 0.851. The molecule has 0 aliphatic carbocycles. The zero-order chi connectivity index (χ0) is 11.4. The van der Waals surface area contributed by atoms with Gasteiger partial charge in [0.2, 0.25) is 5.95 Å². The van der Waals surface area contributed by atoms with Gasteiger partial charge in [-0.05, 0) is 26.2 Å². The maximum absolute atomic E-state index is 5.53. The van der Waals surface area contributed by atoms with Crippen LogP contribution in [-0.4, -0.2) is 29.3 Å². The third kappa shape index (κ3) is 2.55. The predicted octanol–water partition coefficient (Wildman–Crippen LogP) is 2.36. The van der Waals surface area contributed by atoms with Crippen LogP contribution >= 0.6 is 0 Å². The number of rotatable bonds is 4. The summed E-state index contributed by atoms with van der Waals surface area (Å²) < 4.78 is 7.77. The van der Waals surface area contributed by atoms with Gasteiger partial charge in [0.1, 0.15) is 0 Å². The van der Waals surface area contributed by atoms with Gasteiger partial charge >= 0.3 is 0 Å². The number of nitrogens with one attached hydrogen (secondary N) is 1. The summed E-state index contributed by atoms with van der Waals surface area (Å²) in [6, 6.07) is 0.453. The average molecular weight is 223 g/mol. The normalized spacial score (nSPS) is 21.0. The lowest BCUT2D eigenvalue weighted by Crippen LogP contribution is -2.22. The second-order valence-corrected chi connectivity index (χ2v) is 4.41. The highest BCUT2D eigenvalue weighted by molar-refractivity contribution is 5.29. The summed E-state index contributed by atoms with van der Waals surface area (Å²) in [6.07, 6.45) is 5.58. The Hall–Kier alpha value is -1.03. The number of anilines is 1. The minimum absolute atomic E-state index is 0.453. The van der Waals surface area contributed by atoms with Crippen LogP contribution < -0.4 is 5.32 Å². The van der Waals surface area contributed by atoms with Crippen LogP contribution in [-0.2, 0) is 4.74 Å². The van der Waals surface area contributed by atoms with Gasteiger partial charge < -0.3 is 14.6 Å². The molecule has 1 saturated heterocycles. The molecule has 90 valence electrons. The van der Waals surface area contributed by atoms with E-state index < -0.39 is 0 Å². The molecule has 1 aliphatic heterocycles. The molecule has 2 rings (SSSR count). The van der Waals surface area contributed by atoms with E-state index in [0.29, 0.717) is 6.04 Å². The number of imidazole rings is 1. The molecule has 0 amide bonds. The maximum atomic E-state index is 5.53. The maximum Gasteiger partial charge on any atom is 0.203 e. The van der Waals surface area contributed by atoms with Gasteiger partial charge in [-0.3, -0.25) is 0 Å². The van der Waals surface area contributed by atoms with E-state index in [2.05, 4.69) is 28.0 Å². The summed E-state index contributed by atoms with van der Waals surface area (Å²) in [5, 5.41) is 3.38. The zero-order valence-corrected chi connectivity index (χ0v) is 10.2. The van der Waals surface area contributed by atoms with Crippen LogP contribution in [0.25, 0.3) is 0 Å². The largest absolute Gasteiger partial charge is 0.379 e. The number of aryl methyl sites for hydroxylation is 1. The van der Waals surface area contributed by atoms with Crippen molar-refractivity contribution in [2.24, 2.45) is 0 Å². The molecule has 0 spiro atoms. The van der Waals surface area contributed by atoms with E-state index in [4.69, 9.17) is 4.74 Å². The fourth-order valence-corrected chi connectivity index (χ4v) is 2.11. The van der Waals surface area contributed by atoms with E-state index in [1.54, 1.807) is 0 Å². The molecule has 1 aromatic rings. The van der Waals surface area contributed by atoms with Crippen molar-refractivity contribution >= 4 is 5.95 Å². The number of aromatic nitrogens is 2. The summed E-state index contributed by atoms with van der Waals surface area (Å²) in [5.41, 5.74) is 1.07. The van der Waals surface area contributed by atoms with Crippen LogP contribution in [0.5, 0.6) is 0 Å². The van der Waals surface area contributed by atoms with Crippen molar-refractivity contribution in [2.45, 2.75) is 39.2 Å². The fourth-order valence-electron chi connectivity index (χ4n) is 2.11. The van der Waals surface area contributed by atoms with Gasteiger partial charge in [0, 0.05) is 19.3 Å². The zero-order valence-electron chi connectivity index (χ0n) is 10.2. The third-order valence-corrected chi connectivity index (χ3v) is 2.92. The molecule has 1 unspecified atom stereocenters. The second-order valence-electron chi connectivity index (χ2n) is 4.41. The lowest BCUT2D eigenvalue weighted by atomic mass is 10.1. The SMILES string of the molecule is CCCNc1nc(C)cn1C1CCCOC1. The average Bonchev–Trinajstić information content (AvgIpc) is 2.69. The predicted molar refractivity (Wildman–Crippen MR) is 64.8 cm³/mol. The number of nitrogens with zero attached hydrogens (tertiary/aromatic N) is 2. The first-order valence-electron chi connectivity index (χ1n) is 6.18. The van der Waals surface area contributed by atoms with Crippen molar-refractivity contribution in [1.29, 1.82) is 0 Å². The molecule has 4 nitrogen and oxygen atoms in total. The highest BCUT2D eigenvalue weighted by Gasteiger charge is 2.18. The van der Waals surface area contributed by atoms with Gasteiger partial charge in [-0.15, -0.1) is 0 Å². The summed E-state index contributed by atoms with van der Waals surface area (Å²) in [4.78, 5) is 4.52. The van der Waals surface area contributed by atoms with E-state index in [1.807, 2.05) is 6.92 Å². The molecule has 0 saturated carbocycles. The van der Waals surface area contributed by atoms with E-state index >= 15 is 0 Å². The lowest BCUT2D eigenvalue weighted by Gasteiger charge is -2.24. The Labute approximate surface area is 97.0 Å². The lowest BCUT2D eigenvalue weighted by molar-refractivity contribution is 0.0598. The molecule has 0 radical (unpaired) electrons. The van der Waals surface area contributed by atoms with Crippen molar-refractivity contribution in [3.63, 3.8) is 0 Å². The first kappa shape index (κ1) is 11.5. The van der Waals surface area contributed by atoms with Crippen molar-refractivity contribution in [3.8, 4) is 0 Å². The molecule has 2 heterocycles. The van der Waals surface area contributed by atoms with E-state index in [9.17, 15) is 0 Å². The van der Waals surface area contributed by atoms with E-state index in [-0.39, 0.29) is 0 Å². The number of ether oxygens (including phenoxy) is 1. The first-order chi connectivity index (χ1) is 7.81. The summed E-state index contributed by atoms with van der Waals surface area (Å²) in [6.45, 7) is 6.90. The first-order valence-corrected chi connectivity index (χ1v) is 6.18.